The maximum atomic E-state index is 11.4. The Labute approximate surface area is 137 Å². The number of carbonyl (C=O) groups is 1. The molecule has 0 fully saturated rings. The number of esters is 1. The first-order valence-corrected chi connectivity index (χ1v) is 10.8. The summed E-state index contributed by atoms with van der Waals surface area (Å²) in [6.07, 6.45) is 1.29. The van der Waals surface area contributed by atoms with E-state index < -0.39 is 14.0 Å². The Morgan fingerprint density at radius 2 is 2.09 bits per heavy atom. The molecule has 5 nitrogen and oxygen atoms in total. The van der Waals surface area contributed by atoms with E-state index in [1.807, 2.05) is 24.3 Å². The fourth-order valence-corrected chi connectivity index (χ4v) is 2.27. The van der Waals surface area contributed by atoms with Crippen molar-refractivity contribution in [1.29, 1.82) is 0 Å². The van der Waals surface area contributed by atoms with Gasteiger partial charge in [-0.05, 0) is 12.1 Å². The van der Waals surface area contributed by atoms with E-state index in [4.69, 9.17) is 4.42 Å². The molecule has 0 bridgehead atoms. The van der Waals surface area contributed by atoms with Gasteiger partial charge in [0.15, 0.2) is 5.69 Å². The topological polar surface area (TPSA) is 64.4 Å². The minimum absolute atomic E-state index is 0.163. The van der Waals surface area contributed by atoms with Gasteiger partial charge in [0.25, 0.3) is 0 Å². The van der Waals surface area contributed by atoms with Crippen LogP contribution in [-0.2, 0) is 11.3 Å². The van der Waals surface area contributed by atoms with Gasteiger partial charge in [0.1, 0.15) is 14.3 Å². The van der Waals surface area contributed by atoms with Crippen LogP contribution < -0.4 is 5.32 Å². The molecule has 0 unspecified atom stereocenters. The Morgan fingerprint density at radius 3 is 2.78 bits per heavy atom. The molecule has 6 heteroatoms. The highest BCUT2D eigenvalue weighted by Gasteiger charge is 2.12. The first-order valence-electron chi connectivity index (χ1n) is 7.28. The van der Waals surface area contributed by atoms with Crippen LogP contribution in [0.4, 0.5) is 5.69 Å². The molecule has 1 heterocycles. The third kappa shape index (κ3) is 5.00. The summed E-state index contributed by atoms with van der Waals surface area (Å²) in [5, 5.41) is 3.24. The molecule has 0 saturated heterocycles. The number of benzene rings is 1. The lowest BCUT2D eigenvalue weighted by atomic mass is 10.2. The SMILES string of the molecule is COC(=O)c1coc(CNc2ccccc2C#C[Si](C)(C)C)n1. The number of aromatic nitrogens is 1. The van der Waals surface area contributed by atoms with Crippen molar-refractivity contribution in [2.24, 2.45) is 0 Å². The summed E-state index contributed by atoms with van der Waals surface area (Å²) < 4.78 is 9.86. The number of methoxy groups -OCH3 is 1. The summed E-state index contributed by atoms with van der Waals surface area (Å²) in [4.78, 5) is 15.4. The molecule has 0 radical (unpaired) electrons. The Morgan fingerprint density at radius 1 is 1.35 bits per heavy atom. The van der Waals surface area contributed by atoms with Crippen molar-refractivity contribution in [3.63, 3.8) is 0 Å². The van der Waals surface area contributed by atoms with Crippen molar-refractivity contribution in [3.8, 4) is 11.5 Å². The van der Waals surface area contributed by atoms with Crippen molar-refractivity contribution in [1.82, 2.24) is 4.98 Å². The molecule has 2 aromatic rings. The van der Waals surface area contributed by atoms with Gasteiger partial charge in [-0.15, -0.1) is 5.54 Å². The lowest BCUT2D eigenvalue weighted by Crippen LogP contribution is -2.16. The van der Waals surface area contributed by atoms with Crippen molar-refractivity contribution in [2.45, 2.75) is 26.2 Å². The molecule has 0 aliphatic carbocycles. The van der Waals surface area contributed by atoms with Crippen LogP contribution in [0, 0.1) is 11.5 Å². The summed E-state index contributed by atoms with van der Waals surface area (Å²) in [6.45, 7) is 6.98. The van der Waals surface area contributed by atoms with Crippen molar-refractivity contribution in [3.05, 3.63) is 47.7 Å². The molecular weight excluding hydrogens is 308 g/mol. The Balaban J connectivity index is 2.10. The number of carbonyl (C=O) groups excluding carboxylic acids is 1. The zero-order chi connectivity index (χ0) is 16.9. The predicted octanol–water partition coefficient (Wildman–Crippen LogP) is 3.30. The summed E-state index contributed by atoms with van der Waals surface area (Å²) in [6, 6.07) is 7.83. The molecule has 1 aromatic carbocycles. The molecule has 0 amide bonds. The fourth-order valence-electron chi connectivity index (χ4n) is 1.76. The van der Waals surface area contributed by atoms with Gasteiger partial charge in [0.2, 0.25) is 5.89 Å². The van der Waals surface area contributed by atoms with Crippen LogP contribution in [0.15, 0.2) is 34.9 Å². The van der Waals surface area contributed by atoms with Gasteiger partial charge in [-0.3, -0.25) is 0 Å². The maximum absolute atomic E-state index is 11.4. The number of nitrogens with zero attached hydrogens (tertiary/aromatic N) is 1. The number of hydrogen-bond acceptors (Lipinski definition) is 5. The third-order valence-electron chi connectivity index (χ3n) is 2.88. The van der Waals surface area contributed by atoms with E-state index in [2.05, 4.69) is 46.1 Å². The number of rotatable bonds is 4. The number of ether oxygens (including phenoxy) is 1. The van der Waals surface area contributed by atoms with Gasteiger partial charge in [0.05, 0.1) is 19.3 Å². The normalized spacial score (nSPS) is 10.6. The molecular formula is C17H20N2O3Si. The lowest BCUT2D eigenvalue weighted by Gasteiger charge is -2.08. The molecule has 0 aliphatic heterocycles. The van der Waals surface area contributed by atoms with E-state index in [1.165, 1.54) is 13.4 Å². The fraction of sp³-hybridized carbons (Fsp3) is 0.294. The number of oxazole rings is 1. The van der Waals surface area contributed by atoms with Gasteiger partial charge in [0, 0.05) is 5.56 Å². The van der Waals surface area contributed by atoms with Gasteiger partial charge in [-0.25, -0.2) is 9.78 Å². The van der Waals surface area contributed by atoms with Gasteiger partial charge in [-0.1, -0.05) is 37.7 Å². The average molecular weight is 328 g/mol. The van der Waals surface area contributed by atoms with E-state index >= 15 is 0 Å². The highest BCUT2D eigenvalue weighted by Crippen LogP contribution is 2.15. The van der Waals surface area contributed by atoms with Gasteiger partial charge >= 0.3 is 5.97 Å². The largest absolute Gasteiger partial charge is 0.464 e. The molecule has 1 aromatic heterocycles. The van der Waals surface area contributed by atoms with Crippen LogP contribution in [0.1, 0.15) is 21.9 Å². The smallest absolute Gasteiger partial charge is 0.360 e. The van der Waals surface area contributed by atoms with E-state index in [9.17, 15) is 4.79 Å². The van der Waals surface area contributed by atoms with E-state index in [0.717, 1.165) is 11.3 Å². The van der Waals surface area contributed by atoms with Gasteiger partial charge < -0.3 is 14.5 Å². The number of para-hydroxylation sites is 1. The van der Waals surface area contributed by atoms with Crippen molar-refractivity contribution >= 4 is 19.7 Å². The lowest BCUT2D eigenvalue weighted by molar-refractivity contribution is 0.0594. The summed E-state index contributed by atoms with van der Waals surface area (Å²) in [5.74, 6) is 3.15. The standard InChI is InChI=1S/C17H20N2O3Si/c1-21-17(20)15-12-22-16(19-15)11-18-14-8-6-5-7-13(14)9-10-23(2,3)4/h5-8,12,18H,11H2,1-4H3. The minimum atomic E-state index is -1.43. The third-order valence-corrected chi connectivity index (χ3v) is 3.75. The molecule has 0 spiro atoms. The zero-order valence-corrected chi connectivity index (χ0v) is 14.8. The summed E-state index contributed by atoms with van der Waals surface area (Å²) in [7, 11) is -0.127. The predicted molar refractivity (Wildman–Crippen MR) is 91.8 cm³/mol. The number of hydrogen-bond donors (Lipinski definition) is 1. The van der Waals surface area contributed by atoms with Gasteiger partial charge in [-0.2, -0.15) is 0 Å². The maximum Gasteiger partial charge on any atom is 0.360 e. The molecule has 23 heavy (non-hydrogen) atoms. The van der Waals surface area contributed by atoms with Crippen LogP contribution in [0.3, 0.4) is 0 Å². The quantitative estimate of drug-likeness (QED) is 0.530. The second kappa shape index (κ2) is 7.16. The Bertz CT molecular complexity index is 751. The molecule has 0 aliphatic rings. The minimum Gasteiger partial charge on any atom is -0.464 e. The highest BCUT2D eigenvalue weighted by molar-refractivity contribution is 6.83. The van der Waals surface area contributed by atoms with Crippen LogP contribution in [0.25, 0.3) is 0 Å². The number of anilines is 1. The Kier molecular flexibility index (Phi) is 5.24. The number of nitrogens with one attached hydrogen (secondary N) is 1. The second-order valence-corrected chi connectivity index (χ2v) is 10.8. The van der Waals surface area contributed by atoms with Crippen LogP contribution in [0.5, 0.6) is 0 Å². The molecule has 2 rings (SSSR count). The average Bonchev–Trinajstić information content (AvgIpc) is 2.99. The van der Waals surface area contributed by atoms with Crippen molar-refractivity contribution < 1.29 is 13.9 Å². The van der Waals surface area contributed by atoms with Crippen LogP contribution in [0.2, 0.25) is 19.6 Å². The van der Waals surface area contributed by atoms with E-state index in [1.54, 1.807) is 0 Å². The molecule has 0 atom stereocenters. The van der Waals surface area contributed by atoms with Crippen LogP contribution in [-0.4, -0.2) is 26.1 Å². The molecule has 1 N–H and O–H groups in total. The monoisotopic (exact) mass is 328 g/mol. The molecule has 120 valence electrons. The first kappa shape index (κ1) is 16.8. The Hall–Kier alpha value is -2.52. The van der Waals surface area contributed by atoms with E-state index in [-0.39, 0.29) is 5.69 Å². The first-order chi connectivity index (χ1) is 10.9. The highest BCUT2D eigenvalue weighted by atomic mass is 28.3. The summed E-state index contributed by atoms with van der Waals surface area (Å²) >= 11 is 0. The van der Waals surface area contributed by atoms with Crippen molar-refractivity contribution in [2.75, 3.05) is 12.4 Å². The molecule has 0 saturated carbocycles. The summed E-state index contributed by atoms with van der Waals surface area (Å²) in [5.41, 5.74) is 5.37. The van der Waals surface area contributed by atoms with E-state index in [0.29, 0.717) is 12.4 Å². The van der Waals surface area contributed by atoms with Crippen LogP contribution >= 0.6 is 0 Å². The zero-order valence-electron chi connectivity index (χ0n) is 13.8. The second-order valence-electron chi connectivity index (χ2n) is 6.02.